The van der Waals surface area contributed by atoms with Crippen molar-refractivity contribution in [1.29, 1.82) is 0 Å². The smallest absolute Gasteiger partial charge is 0.254 e. The molecule has 0 radical (unpaired) electrons. The summed E-state index contributed by atoms with van der Waals surface area (Å²) >= 11 is 0. The molecule has 1 amide bonds. The van der Waals surface area contributed by atoms with Crippen molar-refractivity contribution in [2.45, 2.75) is 13.3 Å². The molecule has 2 N–H and O–H groups in total. The first-order chi connectivity index (χ1) is 6.79. The Labute approximate surface area is 83.7 Å². The molecule has 1 heterocycles. The Hall–Kier alpha value is -1.58. The number of hydrogen-bond donors (Lipinski definition) is 2. The van der Waals surface area contributed by atoms with Crippen LogP contribution in [0, 0.1) is 0 Å². The molecule has 0 saturated carbocycles. The molecule has 0 spiro atoms. The van der Waals surface area contributed by atoms with Crippen LogP contribution in [0.1, 0.15) is 23.7 Å². The number of aromatic nitrogens is 1. The minimum Gasteiger partial charge on any atom is -0.369 e. The molecule has 0 aromatic carbocycles. The van der Waals surface area contributed by atoms with Crippen molar-refractivity contribution in [3.63, 3.8) is 0 Å². The van der Waals surface area contributed by atoms with Crippen molar-refractivity contribution >= 4 is 11.7 Å². The summed E-state index contributed by atoms with van der Waals surface area (Å²) in [6.45, 7) is 2.89. The lowest BCUT2D eigenvalue weighted by molar-refractivity contribution is 0.0963. The van der Waals surface area contributed by atoms with E-state index < -0.39 is 0 Å². The molecule has 76 valence electrons. The van der Waals surface area contributed by atoms with Crippen LogP contribution in [0.2, 0.25) is 0 Å². The van der Waals surface area contributed by atoms with Crippen molar-refractivity contribution in [2.24, 2.45) is 0 Å². The highest BCUT2D eigenvalue weighted by atomic mass is 16.1. The maximum Gasteiger partial charge on any atom is 0.254 e. The van der Waals surface area contributed by atoms with E-state index in [4.69, 9.17) is 0 Å². The van der Waals surface area contributed by atoms with Gasteiger partial charge in [0.1, 0.15) is 5.82 Å². The summed E-state index contributed by atoms with van der Waals surface area (Å²) in [4.78, 5) is 15.5. The molecule has 0 bridgehead atoms. The van der Waals surface area contributed by atoms with E-state index in [0.29, 0.717) is 11.4 Å². The van der Waals surface area contributed by atoms with Crippen LogP contribution in [0.25, 0.3) is 0 Å². The van der Waals surface area contributed by atoms with Crippen LogP contribution in [-0.4, -0.2) is 24.5 Å². The molecule has 0 aliphatic heterocycles. The van der Waals surface area contributed by atoms with Crippen molar-refractivity contribution < 1.29 is 4.79 Å². The number of rotatable bonds is 4. The minimum atomic E-state index is -0.114. The highest BCUT2D eigenvalue weighted by Gasteiger charge is 2.08. The fourth-order valence-corrected chi connectivity index (χ4v) is 1.11. The zero-order valence-electron chi connectivity index (χ0n) is 8.50. The van der Waals surface area contributed by atoms with E-state index in [-0.39, 0.29) is 5.91 Å². The van der Waals surface area contributed by atoms with Crippen LogP contribution in [0.3, 0.4) is 0 Å². The van der Waals surface area contributed by atoms with E-state index in [1.54, 1.807) is 25.4 Å². The van der Waals surface area contributed by atoms with Crippen LogP contribution in [0.15, 0.2) is 18.3 Å². The maximum absolute atomic E-state index is 11.4. The first-order valence-corrected chi connectivity index (χ1v) is 4.70. The molecular weight excluding hydrogens is 178 g/mol. The third kappa shape index (κ3) is 2.45. The Morgan fingerprint density at radius 3 is 3.00 bits per heavy atom. The number of hydrogen-bond acceptors (Lipinski definition) is 3. The van der Waals surface area contributed by atoms with Gasteiger partial charge < -0.3 is 10.6 Å². The van der Waals surface area contributed by atoms with Crippen LogP contribution in [0.4, 0.5) is 5.82 Å². The quantitative estimate of drug-likeness (QED) is 0.757. The monoisotopic (exact) mass is 193 g/mol. The lowest BCUT2D eigenvalue weighted by Crippen LogP contribution is -2.20. The zero-order chi connectivity index (χ0) is 10.4. The first-order valence-electron chi connectivity index (χ1n) is 4.70. The van der Waals surface area contributed by atoms with Gasteiger partial charge in [-0.2, -0.15) is 0 Å². The van der Waals surface area contributed by atoms with Gasteiger partial charge in [0.05, 0.1) is 5.56 Å². The predicted molar refractivity (Wildman–Crippen MR) is 56.4 cm³/mol. The number of nitrogens with one attached hydrogen (secondary N) is 2. The van der Waals surface area contributed by atoms with Gasteiger partial charge in [-0.1, -0.05) is 6.92 Å². The van der Waals surface area contributed by atoms with Crippen molar-refractivity contribution in [3.8, 4) is 0 Å². The second-order valence-corrected chi connectivity index (χ2v) is 2.91. The lowest BCUT2D eigenvalue weighted by atomic mass is 10.2. The topological polar surface area (TPSA) is 54.0 Å². The first kappa shape index (κ1) is 10.5. The summed E-state index contributed by atoms with van der Waals surface area (Å²) in [5, 5.41) is 5.69. The van der Waals surface area contributed by atoms with Gasteiger partial charge >= 0.3 is 0 Å². The Kier molecular flexibility index (Phi) is 3.91. The molecule has 1 aromatic heterocycles. The predicted octanol–water partition coefficient (Wildman–Crippen LogP) is 1.26. The molecule has 0 fully saturated rings. The van der Waals surface area contributed by atoms with Crippen LogP contribution < -0.4 is 10.6 Å². The summed E-state index contributed by atoms with van der Waals surface area (Å²) in [5.41, 5.74) is 0.587. The highest BCUT2D eigenvalue weighted by molar-refractivity contribution is 5.98. The Bertz CT molecular complexity index is 312. The van der Waals surface area contributed by atoms with Gasteiger partial charge in [-0.3, -0.25) is 4.79 Å². The fourth-order valence-electron chi connectivity index (χ4n) is 1.11. The number of carbonyl (C=O) groups excluding carboxylic acids is 1. The van der Waals surface area contributed by atoms with Crippen molar-refractivity contribution in [1.82, 2.24) is 10.3 Å². The average Bonchev–Trinajstić information content (AvgIpc) is 2.25. The molecular formula is C10H15N3O. The van der Waals surface area contributed by atoms with Gasteiger partial charge in [0, 0.05) is 19.8 Å². The van der Waals surface area contributed by atoms with Crippen molar-refractivity contribution in [3.05, 3.63) is 23.9 Å². The lowest BCUT2D eigenvalue weighted by Gasteiger charge is -2.08. The number of nitrogens with zero attached hydrogens (tertiary/aromatic N) is 1. The van der Waals surface area contributed by atoms with Gasteiger partial charge in [0.2, 0.25) is 0 Å². The molecule has 14 heavy (non-hydrogen) atoms. The summed E-state index contributed by atoms with van der Waals surface area (Å²) in [6.07, 6.45) is 2.67. The Morgan fingerprint density at radius 1 is 1.57 bits per heavy atom. The summed E-state index contributed by atoms with van der Waals surface area (Å²) in [6, 6.07) is 3.51. The molecule has 0 saturated heterocycles. The summed E-state index contributed by atoms with van der Waals surface area (Å²) in [5.74, 6) is 0.533. The maximum atomic E-state index is 11.4. The van der Waals surface area contributed by atoms with Crippen LogP contribution >= 0.6 is 0 Å². The number of pyridine rings is 1. The number of carbonyl (C=O) groups is 1. The largest absolute Gasteiger partial charge is 0.369 e. The second kappa shape index (κ2) is 5.21. The van der Waals surface area contributed by atoms with Crippen LogP contribution in [-0.2, 0) is 0 Å². The third-order valence-electron chi connectivity index (χ3n) is 1.82. The average molecular weight is 193 g/mol. The summed E-state index contributed by atoms with van der Waals surface area (Å²) < 4.78 is 0. The molecule has 0 atom stereocenters. The molecule has 4 heteroatoms. The van der Waals surface area contributed by atoms with E-state index in [0.717, 1.165) is 13.0 Å². The second-order valence-electron chi connectivity index (χ2n) is 2.91. The van der Waals surface area contributed by atoms with Gasteiger partial charge in [-0.05, 0) is 18.6 Å². The normalized spacial score (nSPS) is 9.57. The number of amides is 1. The minimum absolute atomic E-state index is 0.114. The van der Waals surface area contributed by atoms with E-state index in [9.17, 15) is 4.79 Å². The standard InChI is InChI=1S/C10H15N3O/c1-3-6-12-9-8(10(14)11-2)5-4-7-13-9/h4-5,7H,3,6H2,1-2H3,(H,11,14)(H,12,13). The number of anilines is 1. The molecule has 0 aliphatic rings. The van der Waals surface area contributed by atoms with E-state index in [1.807, 2.05) is 0 Å². The molecule has 0 aliphatic carbocycles. The van der Waals surface area contributed by atoms with Gasteiger partial charge in [0.25, 0.3) is 5.91 Å². The third-order valence-corrected chi connectivity index (χ3v) is 1.82. The molecule has 1 rings (SSSR count). The van der Waals surface area contributed by atoms with E-state index >= 15 is 0 Å². The highest BCUT2D eigenvalue weighted by Crippen LogP contribution is 2.10. The van der Waals surface area contributed by atoms with Crippen LogP contribution in [0.5, 0.6) is 0 Å². The van der Waals surface area contributed by atoms with E-state index in [2.05, 4.69) is 22.5 Å². The molecule has 4 nitrogen and oxygen atoms in total. The Morgan fingerprint density at radius 2 is 2.36 bits per heavy atom. The zero-order valence-corrected chi connectivity index (χ0v) is 8.50. The van der Waals surface area contributed by atoms with Gasteiger partial charge in [-0.25, -0.2) is 4.98 Å². The fraction of sp³-hybridized carbons (Fsp3) is 0.400. The summed E-state index contributed by atoms with van der Waals surface area (Å²) in [7, 11) is 1.61. The SMILES string of the molecule is CCCNc1ncccc1C(=O)NC. The molecule has 0 unspecified atom stereocenters. The van der Waals surface area contributed by atoms with E-state index in [1.165, 1.54) is 0 Å². The van der Waals surface area contributed by atoms with Gasteiger partial charge in [0.15, 0.2) is 0 Å². The van der Waals surface area contributed by atoms with Crippen molar-refractivity contribution in [2.75, 3.05) is 18.9 Å². The van der Waals surface area contributed by atoms with Gasteiger partial charge in [-0.15, -0.1) is 0 Å². The Balaban J connectivity index is 2.85. The molecule has 1 aromatic rings.